The minimum atomic E-state index is -0.507. The average Bonchev–Trinajstić information content (AvgIpc) is 2.62. The monoisotopic (exact) mass is 358 g/mol. The number of benzene rings is 2. The third kappa shape index (κ3) is 4.80. The first kappa shape index (κ1) is 19.4. The van der Waals surface area contributed by atoms with Gasteiger partial charge in [-0.05, 0) is 19.9 Å². The van der Waals surface area contributed by atoms with E-state index in [1.807, 2.05) is 45.2 Å². The number of carbonyl (C=O) groups is 1. The lowest BCUT2D eigenvalue weighted by molar-refractivity contribution is -0.907. The number of nitrogens with zero attached hydrogens (tertiary/aromatic N) is 1. The smallest absolute Gasteiger partial charge is 0.282 e. The van der Waals surface area contributed by atoms with E-state index in [4.69, 9.17) is 4.74 Å². The Morgan fingerprint density at radius 3 is 2.50 bits per heavy atom. The molecule has 2 aromatic carbocycles. The highest BCUT2D eigenvalue weighted by molar-refractivity contribution is 5.95. The minimum Gasteiger partial charge on any atom is -0.495 e. The van der Waals surface area contributed by atoms with Crippen molar-refractivity contribution in [2.24, 2.45) is 0 Å². The van der Waals surface area contributed by atoms with Gasteiger partial charge in [-0.15, -0.1) is 0 Å². The second-order valence-electron chi connectivity index (χ2n) is 6.36. The van der Waals surface area contributed by atoms with Crippen LogP contribution in [0, 0.1) is 17.0 Å². The van der Waals surface area contributed by atoms with Gasteiger partial charge in [-0.1, -0.05) is 29.8 Å². The lowest BCUT2D eigenvalue weighted by Crippen LogP contribution is -3.12. The van der Waals surface area contributed by atoms with Gasteiger partial charge in [0.25, 0.3) is 11.6 Å². The molecule has 7 nitrogen and oxygen atoms in total. The summed E-state index contributed by atoms with van der Waals surface area (Å²) in [5.74, 6) is 0.153. The number of nitro groups is 1. The lowest BCUT2D eigenvalue weighted by atomic mass is 10.1. The molecule has 0 aliphatic carbocycles. The molecule has 7 heteroatoms. The molecule has 2 N–H and O–H groups in total. The summed E-state index contributed by atoms with van der Waals surface area (Å²) < 4.78 is 5.18. The Morgan fingerprint density at radius 2 is 1.92 bits per heavy atom. The number of hydrogen-bond donors (Lipinski definition) is 2. The third-order valence-electron chi connectivity index (χ3n) is 4.39. The molecule has 1 amide bonds. The molecule has 2 atom stereocenters. The summed E-state index contributed by atoms with van der Waals surface area (Å²) in [7, 11) is 3.39. The van der Waals surface area contributed by atoms with E-state index in [2.05, 4.69) is 5.32 Å². The van der Waals surface area contributed by atoms with Gasteiger partial charge < -0.3 is 15.0 Å². The van der Waals surface area contributed by atoms with Crippen LogP contribution in [0.1, 0.15) is 18.1 Å². The summed E-state index contributed by atoms with van der Waals surface area (Å²) >= 11 is 0. The number of quaternary nitrogens is 1. The van der Waals surface area contributed by atoms with Crippen molar-refractivity contribution < 1.29 is 19.4 Å². The lowest BCUT2D eigenvalue weighted by Gasteiger charge is -2.21. The van der Waals surface area contributed by atoms with E-state index in [0.29, 0.717) is 18.0 Å². The fourth-order valence-corrected chi connectivity index (χ4v) is 2.55. The molecule has 0 heterocycles. The normalized spacial score (nSPS) is 12.9. The van der Waals surface area contributed by atoms with Crippen molar-refractivity contribution in [1.82, 2.24) is 0 Å². The van der Waals surface area contributed by atoms with E-state index in [0.717, 1.165) is 10.5 Å². The predicted molar refractivity (Wildman–Crippen MR) is 99.5 cm³/mol. The molecule has 0 aromatic heterocycles. The molecule has 0 aliphatic heterocycles. The Balaban J connectivity index is 2.09. The van der Waals surface area contributed by atoms with Gasteiger partial charge in [-0.25, -0.2) is 0 Å². The van der Waals surface area contributed by atoms with Crippen molar-refractivity contribution in [3.8, 4) is 5.75 Å². The zero-order valence-electron chi connectivity index (χ0n) is 15.4. The maximum atomic E-state index is 12.6. The van der Waals surface area contributed by atoms with Crippen LogP contribution < -0.4 is 15.0 Å². The Labute approximate surface area is 152 Å². The molecule has 0 bridgehead atoms. The maximum Gasteiger partial charge on any atom is 0.282 e. The molecular weight excluding hydrogens is 334 g/mol. The van der Waals surface area contributed by atoms with Gasteiger partial charge in [0.1, 0.15) is 12.3 Å². The van der Waals surface area contributed by atoms with E-state index in [1.54, 1.807) is 0 Å². The number of anilines is 1. The zero-order chi connectivity index (χ0) is 19.3. The van der Waals surface area contributed by atoms with Gasteiger partial charge in [0, 0.05) is 17.7 Å². The molecule has 1 unspecified atom stereocenters. The molecule has 0 spiro atoms. The average molecular weight is 358 g/mol. The van der Waals surface area contributed by atoms with Crippen molar-refractivity contribution in [1.29, 1.82) is 0 Å². The fraction of sp³-hybridized carbons (Fsp3) is 0.316. The summed E-state index contributed by atoms with van der Waals surface area (Å²) in [5, 5.41) is 13.7. The van der Waals surface area contributed by atoms with E-state index >= 15 is 0 Å². The largest absolute Gasteiger partial charge is 0.495 e. The molecular formula is C19H24N3O4+. The van der Waals surface area contributed by atoms with Crippen LogP contribution in [0.2, 0.25) is 0 Å². The number of methoxy groups -OCH3 is 1. The van der Waals surface area contributed by atoms with Gasteiger partial charge in [-0.2, -0.15) is 0 Å². The molecule has 138 valence electrons. The van der Waals surface area contributed by atoms with Gasteiger partial charge in [0.15, 0.2) is 6.04 Å². The van der Waals surface area contributed by atoms with Crippen LogP contribution in [-0.4, -0.2) is 31.0 Å². The van der Waals surface area contributed by atoms with Gasteiger partial charge in [-0.3, -0.25) is 14.9 Å². The van der Waals surface area contributed by atoms with Crippen LogP contribution >= 0.6 is 0 Å². The second kappa shape index (κ2) is 8.44. The number of hydrogen-bond acceptors (Lipinski definition) is 4. The first-order chi connectivity index (χ1) is 12.3. The van der Waals surface area contributed by atoms with Crippen molar-refractivity contribution in [3.63, 3.8) is 0 Å². The van der Waals surface area contributed by atoms with Crippen LogP contribution in [0.15, 0.2) is 42.5 Å². The van der Waals surface area contributed by atoms with E-state index < -0.39 is 4.92 Å². The zero-order valence-corrected chi connectivity index (χ0v) is 15.4. The predicted octanol–water partition coefficient (Wildman–Crippen LogP) is 1.95. The third-order valence-corrected chi connectivity index (χ3v) is 4.39. The molecule has 0 radical (unpaired) electrons. The Bertz CT molecular complexity index is 790. The number of amides is 1. The number of rotatable bonds is 7. The van der Waals surface area contributed by atoms with Crippen LogP contribution in [0.5, 0.6) is 5.75 Å². The number of nitrogens with one attached hydrogen (secondary N) is 2. The number of nitro benzene ring substituents is 1. The van der Waals surface area contributed by atoms with Crippen molar-refractivity contribution in [2.45, 2.75) is 26.4 Å². The number of aryl methyl sites for hydroxylation is 1. The van der Waals surface area contributed by atoms with Crippen molar-refractivity contribution in [2.75, 3.05) is 19.5 Å². The van der Waals surface area contributed by atoms with Crippen molar-refractivity contribution >= 4 is 17.3 Å². The maximum absolute atomic E-state index is 12.6. The Morgan fingerprint density at radius 1 is 1.27 bits per heavy atom. The fourth-order valence-electron chi connectivity index (χ4n) is 2.55. The quantitative estimate of drug-likeness (QED) is 0.585. The summed E-state index contributed by atoms with van der Waals surface area (Å²) in [6, 6.07) is 12.0. The number of non-ortho nitro benzene ring substituents is 1. The molecule has 26 heavy (non-hydrogen) atoms. The second-order valence-corrected chi connectivity index (χ2v) is 6.36. The van der Waals surface area contributed by atoms with Crippen molar-refractivity contribution in [3.05, 3.63) is 63.7 Å². The first-order valence-electron chi connectivity index (χ1n) is 8.33. The van der Waals surface area contributed by atoms with E-state index in [-0.39, 0.29) is 17.6 Å². The van der Waals surface area contributed by atoms with Gasteiger partial charge in [0.2, 0.25) is 0 Å². The van der Waals surface area contributed by atoms with Gasteiger partial charge >= 0.3 is 0 Å². The topological polar surface area (TPSA) is 85.9 Å². The molecule has 0 saturated carbocycles. The van der Waals surface area contributed by atoms with Crippen LogP contribution in [-0.2, 0) is 11.3 Å². The molecule has 2 aromatic rings. The van der Waals surface area contributed by atoms with Gasteiger partial charge in [0.05, 0.1) is 24.8 Å². The molecule has 0 aliphatic rings. The standard InChI is InChI=1S/C19H23N3O4/c1-13-5-7-15(8-6-13)12-21(3)14(2)19(23)20-17-11-16(22(24)25)9-10-18(17)26-4/h5-11,14H,12H2,1-4H3,(H,20,23)/p+1/t14-/m1/s1. The summed E-state index contributed by atoms with van der Waals surface area (Å²) in [4.78, 5) is 24.0. The highest BCUT2D eigenvalue weighted by Gasteiger charge is 2.24. The van der Waals surface area contributed by atoms with Crippen LogP contribution in [0.4, 0.5) is 11.4 Å². The van der Waals surface area contributed by atoms with E-state index in [1.165, 1.54) is 30.9 Å². The Kier molecular flexibility index (Phi) is 6.30. The number of likely N-dealkylation sites (N-methyl/N-ethyl adjacent to an activating group) is 1. The number of ether oxygens (including phenoxy) is 1. The number of carbonyl (C=O) groups excluding carboxylic acids is 1. The van der Waals surface area contributed by atoms with E-state index in [9.17, 15) is 14.9 Å². The summed E-state index contributed by atoms with van der Waals surface area (Å²) in [6.45, 7) is 4.55. The molecule has 0 saturated heterocycles. The molecule has 2 rings (SSSR count). The Hall–Kier alpha value is -2.93. The summed E-state index contributed by atoms with van der Waals surface area (Å²) in [6.07, 6.45) is 0. The first-order valence-corrected chi connectivity index (χ1v) is 8.33. The SMILES string of the molecule is COc1ccc([N+](=O)[O-])cc1NC(=O)[C@@H](C)[NH+](C)Cc1ccc(C)cc1. The summed E-state index contributed by atoms with van der Waals surface area (Å²) in [5.41, 5.74) is 2.52. The minimum absolute atomic E-state index is 0.103. The highest BCUT2D eigenvalue weighted by Crippen LogP contribution is 2.28. The van der Waals surface area contributed by atoms with Crippen LogP contribution in [0.3, 0.4) is 0 Å². The van der Waals surface area contributed by atoms with Crippen LogP contribution in [0.25, 0.3) is 0 Å². The molecule has 0 fully saturated rings. The highest BCUT2D eigenvalue weighted by atomic mass is 16.6.